The second kappa shape index (κ2) is 6.82. The van der Waals surface area contributed by atoms with Crippen molar-refractivity contribution in [3.63, 3.8) is 0 Å². The molecule has 6 heteroatoms. The lowest BCUT2D eigenvalue weighted by Gasteiger charge is -2.14. The fraction of sp³-hybridized carbons (Fsp3) is 0.385. The molecule has 19 heavy (non-hydrogen) atoms. The predicted molar refractivity (Wildman–Crippen MR) is 64.8 cm³/mol. The highest BCUT2D eigenvalue weighted by Gasteiger charge is 2.21. The Bertz CT molecular complexity index is 477. The molecule has 104 valence electrons. The average Bonchev–Trinajstić information content (AvgIpc) is 2.36. The summed E-state index contributed by atoms with van der Waals surface area (Å²) in [7, 11) is 0. The van der Waals surface area contributed by atoms with E-state index in [4.69, 9.17) is 5.11 Å². The molecular formula is C13H15F2NO3. The first-order valence-corrected chi connectivity index (χ1v) is 5.94. The molecule has 0 heterocycles. The van der Waals surface area contributed by atoms with Crippen molar-refractivity contribution in [1.82, 2.24) is 5.32 Å². The maximum absolute atomic E-state index is 13.3. The zero-order valence-electron chi connectivity index (χ0n) is 10.5. The summed E-state index contributed by atoms with van der Waals surface area (Å²) in [6.07, 6.45) is 1.63. The second-order valence-corrected chi connectivity index (χ2v) is 4.13. The van der Waals surface area contributed by atoms with Gasteiger partial charge in [0.25, 0.3) is 5.91 Å². The van der Waals surface area contributed by atoms with Gasteiger partial charge in [0.05, 0.1) is 5.56 Å². The van der Waals surface area contributed by atoms with Crippen molar-refractivity contribution in [2.45, 2.75) is 32.2 Å². The van der Waals surface area contributed by atoms with Gasteiger partial charge in [0.1, 0.15) is 17.7 Å². The van der Waals surface area contributed by atoms with Crippen molar-refractivity contribution in [1.29, 1.82) is 0 Å². The van der Waals surface area contributed by atoms with Crippen molar-refractivity contribution < 1.29 is 23.5 Å². The number of aliphatic carboxylic acids is 1. The number of hydrogen-bond donors (Lipinski definition) is 2. The van der Waals surface area contributed by atoms with Gasteiger partial charge in [-0.2, -0.15) is 0 Å². The summed E-state index contributed by atoms with van der Waals surface area (Å²) in [6, 6.07) is 1.35. The van der Waals surface area contributed by atoms with Gasteiger partial charge < -0.3 is 10.4 Å². The number of unbranched alkanes of at least 4 members (excludes halogenated alkanes) is 1. The summed E-state index contributed by atoms with van der Waals surface area (Å²) in [5.74, 6) is -3.77. The molecule has 0 aliphatic rings. The summed E-state index contributed by atoms with van der Waals surface area (Å²) in [4.78, 5) is 22.7. The number of nitrogens with one attached hydrogen (secondary N) is 1. The molecule has 4 nitrogen and oxygen atoms in total. The quantitative estimate of drug-likeness (QED) is 0.834. The van der Waals surface area contributed by atoms with Crippen molar-refractivity contribution >= 4 is 11.9 Å². The standard InChI is InChI=1S/C13H15F2NO3/c1-2-3-4-11(13(18)19)16-12(17)9-7-8(14)5-6-10(9)15/h5-7,11H,2-4H2,1H3,(H,16,17)(H,18,19). The van der Waals surface area contributed by atoms with E-state index >= 15 is 0 Å². The molecule has 0 bridgehead atoms. The first-order chi connectivity index (χ1) is 8.95. The van der Waals surface area contributed by atoms with E-state index in [-0.39, 0.29) is 6.42 Å². The minimum Gasteiger partial charge on any atom is -0.480 e. The summed E-state index contributed by atoms with van der Waals surface area (Å²) in [5, 5.41) is 11.1. The van der Waals surface area contributed by atoms with Crippen molar-refractivity contribution in [2.24, 2.45) is 0 Å². The molecule has 1 atom stereocenters. The Kier molecular flexibility index (Phi) is 5.41. The lowest BCUT2D eigenvalue weighted by atomic mass is 10.1. The average molecular weight is 271 g/mol. The number of benzene rings is 1. The molecule has 0 fully saturated rings. The number of amides is 1. The van der Waals surface area contributed by atoms with Crippen LogP contribution < -0.4 is 5.32 Å². The van der Waals surface area contributed by atoms with Crippen LogP contribution in [0.3, 0.4) is 0 Å². The molecule has 0 radical (unpaired) electrons. The van der Waals surface area contributed by atoms with Crippen LogP contribution in [0.15, 0.2) is 18.2 Å². The normalized spacial score (nSPS) is 11.9. The Balaban J connectivity index is 2.81. The van der Waals surface area contributed by atoms with Crippen LogP contribution in [0.1, 0.15) is 36.5 Å². The third kappa shape index (κ3) is 4.31. The topological polar surface area (TPSA) is 66.4 Å². The first kappa shape index (κ1) is 15.1. The first-order valence-electron chi connectivity index (χ1n) is 5.94. The van der Waals surface area contributed by atoms with Gasteiger partial charge >= 0.3 is 5.97 Å². The highest BCUT2D eigenvalue weighted by atomic mass is 19.1. The van der Waals surface area contributed by atoms with Gasteiger partial charge in [-0.1, -0.05) is 19.8 Å². The molecule has 0 aliphatic heterocycles. The lowest BCUT2D eigenvalue weighted by molar-refractivity contribution is -0.139. The molecule has 0 spiro atoms. The number of carboxylic acids is 1. The Morgan fingerprint density at radius 2 is 2.05 bits per heavy atom. The Morgan fingerprint density at radius 1 is 1.37 bits per heavy atom. The highest BCUT2D eigenvalue weighted by molar-refractivity contribution is 5.96. The van der Waals surface area contributed by atoms with Crippen LogP contribution in [0.25, 0.3) is 0 Å². The minimum atomic E-state index is -1.20. The fourth-order valence-corrected chi connectivity index (χ4v) is 1.57. The van der Waals surface area contributed by atoms with Crippen LogP contribution in [-0.4, -0.2) is 23.0 Å². The molecule has 1 rings (SSSR count). The summed E-state index contributed by atoms with van der Waals surface area (Å²) >= 11 is 0. The van der Waals surface area contributed by atoms with Crippen LogP contribution in [0.4, 0.5) is 8.78 Å². The molecule has 0 saturated carbocycles. The molecule has 0 aliphatic carbocycles. The van der Waals surface area contributed by atoms with Crippen molar-refractivity contribution in [2.75, 3.05) is 0 Å². The van der Waals surface area contributed by atoms with Crippen LogP contribution >= 0.6 is 0 Å². The van der Waals surface area contributed by atoms with Crippen LogP contribution in [0.2, 0.25) is 0 Å². The predicted octanol–water partition coefficient (Wildman–Crippen LogP) is 2.34. The molecule has 0 aromatic heterocycles. The van der Waals surface area contributed by atoms with E-state index in [0.717, 1.165) is 24.6 Å². The monoisotopic (exact) mass is 271 g/mol. The lowest BCUT2D eigenvalue weighted by Crippen LogP contribution is -2.41. The number of hydrogen-bond acceptors (Lipinski definition) is 2. The second-order valence-electron chi connectivity index (χ2n) is 4.13. The molecule has 1 amide bonds. The molecular weight excluding hydrogens is 256 g/mol. The Morgan fingerprint density at radius 3 is 2.63 bits per heavy atom. The van der Waals surface area contributed by atoms with E-state index in [1.807, 2.05) is 6.92 Å². The van der Waals surface area contributed by atoms with E-state index in [0.29, 0.717) is 6.42 Å². The number of carboxylic acid groups (broad SMARTS) is 1. The highest BCUT2D eigenvalue weighted by Crippen LogP contribution is 2.10. The van der Waals surface area contributed by atoms with E-state index in [1.165, 1.54) is 0 Å². The summed E-state index contributed by atoms with van der Waals surface area (Å²) < 4.78 is 26.3. The van der Waals surface area contributed by atoms with Gasteiger partial charge in [0.2, 0.25) is 0 Å². The van der Waals surface area contributed by atoms with E-state index in [1.54, 1.807) is 0 Å². The fourth-order valence-electron chi connectivity index (χ4n) is 1.57. The van der Waals surface area contributed by atoms with Gasteiger partial charge in [-0.3, -0.25) is 4.79 Å². The van der Waals surface area contributed by atoms with Crippen molar-refractivity contribution in [3.05, 3.63) is 35.4 Å². The van der Waals surface area contributed by atoms with Gasteiger partial charge in [-0.05, 0) is 24.6 Å². The maximum atomic E-state index is 13.3. The van der Waals surface area contributed by atoms with E-state index in [2.05, 4.69) is 5.32 Å². The van der Waals surface area contributed by atoms with Crippen LogP contribution in [0, 0.1) is 11.6 Å². The van der Waals surface area contributed by atoms with E-state index < -0.39 is 35.1 Å². The minimum absolute atomic E-state index is 0.245. The Labute approximate surface area is 109 Å². The molecule has 1 aromatic rings. The number of carbonyl (C=O) groups excluding carboxylic acids is 1. The van der Waals surface area contributed by atoms with Gasteiger partial charge in [-0.25, -0.2) is 13.6 Å². The largest absolute Gasteiger partial charge is 0.480 e. The summed E-state index contributed by atoms with van der Waals surface area (Å²) in [6.45, 7) is 1.88. The van der Waals surface area contributed by atoms with Gasteiger partial charge in [0.15, 0.2) is 0 Å². The molecule has 1 aromatic carbocycles. The van der Waals surface area contributed by atoms with Crippen molar-refractivity contribution in [3.8, 4) is 0 Å². The molecule has 0 saturated heterocycles. The number of carbonyl (C=O) groups is 2. The van der Waals surface area contributed by atoms with E-state index in [9.17, 15) is 18.4 Å². The van der Waals surface area contributed by atoms with Crippen LogP contribution in [0.5, 0.6) is 0 Å². The third-order valence-corrected chi connectivity index (χ3v) is 2.62. The number of halogens is 2. The third-order valence-electron chi connectivity index (χ3n) is 2.62. The molecule has 1 unspecified atom stereocenters. The Hall–Kier alpha value is -1.98. The smallest absolute Gasteiger partial charge is 0.326 e. The zero-order valence-corrected chi connectivity index (χ0v) is 10.5. The maximum Gasteiger partial charge on any atom is 0.326 e. The van der Waals surface area contributed by atoms with Crippen LogP contribution in [-0.2, 0) is 4.79 Å². The zero-order chi connectivity index (χ0) is 14.4. The number of rotatable bonds is 6. The summed E-state index contributed by atoms with van der Waals surface area (Å²) in [5.41, 5.74) is -0.497. The SMILES string of the molecule is CCCCC(NC(=O)c1cc(F)ccc1F)C(=O)O. The van der Waals surface area contributed by atoms with Gasteiger partial charge in [-0.15, -0.1) is 0 Å². The van der Waals surface area contributed by atoms with Gasteiger partial charge in [0, 0.05) is 0 Å². The molecule has 2 N–H and O–H groups in total.